The molecular formula is C10H7BrN6S. The fourth-order valence-electron chi connectivity index (χ4n) is 1.20. The van der Waals surface area contributed by atoms with Crippen molar-refractivity contribution in [2.24, 2.45) is 0 Å². The molecular weight excluding hydrogens is 316 g/mol. The van der Waals surface area contributed by atoms with Gasteiger partial charge in [-0.15, -0.1) is 22.8 Å². The normalized spacial score (nSPS) is 11.1. The summed E-state index contributed by atoms with van der Waals surface area (Å²) in [6.07, 6.45) is 1.51. The number of hydrogen-bond donors (Lipinski definition) is 3. The molecule has 1 aromatic heterocycles. The highest BCUT2D eigenvalue weighted by atomic mass is 79.9. The fourth-order valence-corrected chi connectivity index (χ4v) is 2.02. The molecule has 6 nitrogen and oxygen atoms in total. The molecule has 8 heteroatoms. The second-order valence-electron chi connectivity index (χ2n) is 3.21. The zero-order chi connectivity index (χ0) is 13.0. The molecule has 2 N–H and O–H groups in total. The van der Waals surface area contributed by atoms with E-state index in [0.717, 1.165) is 15.1 Å². The van der Waals surface area contributed by atoms with Crippen LogP contribution < -0.4 is 5.32 Å². The van der Waals surface area contributed by atoms with Crippen molar-refractivity contribution < 1.29 is 0 Å². The number of nitrogens with one attached hydrogen (secondary N) is 2. The molecule has 0 amide bonds. The molecule has 0 unspecified atom stereocenters. The highest BCUT2D eigenvalue weighted by Crippen LogP contribution is 2.24. The van der Waals surface area contributed by atoms with Crippen LogP contribution in [0.3, 0.4) is 0 Å². The van der Waals surface area contributed by atoms with Gasteiger partial charge in [0.05, 0.1) is 5.69 Å². The average molecular weight is 323 g/mol. The third kappa shape index (κ3) is 2.88. The second kappa shape index (κ2) is 5.66. The molecule has 18 heavy (non-hydrogen) atoms. The van der Waals surface area contributed by atoms with E-state index in [2.05, 4.69) is 54.5 Å². The molecule has 0 saturated heterocycles. The maximum absolute atomic E-state index is 8.98. The first kappa shape index (κ1) is 12.6. The maximum Gasteiger partial charge on any atom is 0.216 e. The zero-order valence-corrected chi connectivity index (χ0v) is 11.4. The van der Waals surface area contributed by atoms with E-state index in [9.17, 15) is 0 Å². The Morgan fingerprint density at radius 3 is 3.00 bits per heavy atom. The van der Waals surface area contributed by atoms with E-state index in [1.807, 2.05) is 24.3 Å². The van der Waals surface area contributed by atoms with Crippen molar-refractivity contribution in [3.63, 3.8) is 0 Å². The van der Waals surface area contributed by atoms with Crippen molar-refractivity contribution in [2.75, 3.05) is 5.32 Å². The van der Waals surface area contributed by atoms with Crippen LogP contribution >= 0.6 is 28.6 Å². The molecule has 0 radical (unpaired) electrons. The summed E-state index contributed by atoms with van der Waals surface area (Å²) in [5.41, 5.74) is 1.05. The van der Waals surface area contributed by atoms with Gasteiger partial charge in [0.1, 0.15) is 11.6 Å². The lowest BCUT2D eigenvalue weighted by molar-refractivity contribution is 0.881. The number of thiol groups is 1. The smallest absolute Gasteiger partial charge is 0.216 e. The lowest BCUT2D eigenvalue weighted by Gasteiger charge is -2.05. The second-order valence-corrected chi connectivity index (χ2v) is 4.61. The van der Waals surface area contributed by atoms with Crippen LogP contribution in [0.4, 0.5) is 5.69 Å². The van der Waals surface area contributed by atoms with Gasteiger partial charge in [0.25, 0.3) is 0 Å². The average Bonchev–Trinajstić information content (AvgIpc) is 2.86. The van der Waals surface area contributed by atoms with E-state index in [1.54, 1.807) is 0 Å². The Kier molecular flexibility index (Phi) is 3.96. The van der Waals surface area contributed by atoms with Crippen LogP contribution in [-0.4, -0.2) is 20.6 Å². The lowest BCUT2D eigenvalue weighted by atomic mass is 10.3. The Hall–Kier alpha value is -1.85. The minimum absolute atomic E-state index is 0.239. The number of hydrogen-bond acceptors (Lipinski definition) is 6. The Bertz CT molecular complexity index is 616. The monoisotopic (exact) mass is 322 g/mol. The van der Waals surface area contributed by atoms with Gasteiger partial charge in [-0.05, 0) is 23.4 Å². The van der Waals surface area contributed by atoms with E-state index in [-0.39, 0.29) is 11.4 Å². The number of allylic oxidation sites excluding steroid dienone is 1. The van der Waals surface area contributed by atoms with E-state index in [4.69, 9.17) is 5.26 Å². The number of nitriles is 1. The van der Waals surface area contributed by atoms with Crippen LogP contribution in [0.25, 0.3) is 5.57 Å². The summed E-state index contributed by atoms with van der Waals surface area (Å²) >= 11 is 7.66. The van der Waals surface area contributed by atoms with E-state index >= 15 is 0 Å². The van der Waals surface area contributed by atoms with Gasteiger partial charge in [-0.1, -0.05) is 15.9 Å². The van der Waals surface area contributed by atoms with Gasteiger partial charge >= 0.3 is 0 Å². The summed E-state index contributed by atoms with van der Waals surface area (Å²) in [5, 5.41) is 25.1. The first-order valence-electron chi connectivity index (χ1n) is 4.80. The fraction of sp³-hybridized carbons (Fsp3) is 0. The molecule has 1 heterocycles. The third-order valence-electron chi connectivity index (χ3n) is 2.04. The highest BCUT2D eigenvalue weighted by Gasteiger charge is 2.05. The predicted octanol–water partition coefficient (Wildman–Crippen LogP) is 2.23. The summed E-state index contributed by atoms with van der Waals surface area (Å²) in [4.78, 5) is 0.756. The first-order valence-corrected chi connectivity index (χ1v) is 6.04. The van der Waals surface area contributed by atoms with Crippen molar-refractivity contribution in [3.8, 4) is 6.07 Å². The van der Waals surface area contributed by atoms with Crippen molar-refractivity contribution in [1.82, 2.24) is 20.6 Å². The van der Waals surface area contributed by atoms with Gasteiger partial charge in [-0.3, -0.25) is 0 Å². The molecule has 0 saturated carbocycles. The minimum atomic E-state index is 0.239. The largest absolute Gasteiger partial charge is 0.359 e. The number of tetrazole rings is 1. The number of aromatic amines is 1. The van der Waals surface area contributed by atoms with E-state index < -0.39 is 0 Å². The molecule has 1 aromatic carbocycles. The third-order valence-corrected chi connectivity index (χ3v) is 2.90. The number of rotatable bonds is 3. The quantitative estimate of drug-likeness (QED) is 0.595. The number of nitrogens with zero attached hydrogens (tertiary/aromatic N) is 4. The van der Waals surface area contributed by atoms with Gasteiger partial charge in [0, 0.05) is 15.6 Å². The summed E-state index contributed by atoms with van der Waals surface area (Å²) in [5.74, 6) is 0.239. The summed E-state index contributed by atoms with van der Waals surface area (Å²) in [6.45, 7) is 0. The van der Waals surface area contributed by atoms with Crippen LogP contribution in [0.15, 0.2) is 33.8 Å². The van der Waals surface area contributed by atoms with Crippen molar-refractivity contribution in [3.05, 3.63) is 34.7 Å². The van der Waals surface area contributed by atoms with Crippen LogP contribution in [0.1, 0.15) is 5.82 Å². The zero-order valence-electron chi connectivity index (χ0n) is 8.92. The van der Waals surface area contributed by atoms with Gasteiger partial charge in [-0.25, -0.2) is 0 Å². The first-order chi connectivity index (χ1) is 8.70. The standard InChI is InChI=1S/C10H7BrN6S/c11-7-1-2-8(9(18)3-7)13-5-6(4-12)10-14-16-17-15-10/h1-3,5,13,18H,(H,14,15,16,17). The van der Waals surface area contributed by atoms with Gasteiger partial charge in [0.2, 0.25) is 5.82 Å². The number of benzene rings is 1. The predicted molar refractivity (Wildman–Crippen MR) is 72.8 cm³/mol. The van der Waals surface area contributed by atoms with Gasteiger partial charge in [0.15, 0.2) is 0 Å². The van der Waals surface area contributed by atoms with Crippen molar-refractivity contribution in [1.29, 1.82) is 5.26 Å². The molecule has 0 fully saturated rings. The topological polar surface area (TPSA) is 90.3 Å². The number of halogens is 1. The highest BCUT2D eigenvalue weighted by molar-refractivity contribution is 9.10. The van der Waals surface area contributed by atoms with E-state index in [1.165, 1.54) is 6.20 Å². The molecule has 0 aliphatic carbocycles. The molecule has 2 aromatic rings. The van der Waals surface area contributed by atoms with Crippen LogP contribution in [0, 0.1) is 11.3 Å². The molecule has 0 bridgehead atoms. The van der Waals surface area contributed by atoms with Crippen molar-refractivity contribution in [2.45, 2.75) is 4.90 Å². The summed E-state index contributed by atoms with van der Waals surface area (Å²) < 4.78 is 0.931. The van der Waals surface area contributed by atoms with Crippen LogP contribution in [-0.2, 0) is 0 Å². The number of anilines is 1. The molecule has 0 aliphatic rings. The Morgan fingerprint density at radius 1 is 1.56 bits per heavy atom. The Labute approximate surface area is 117 Å². The number of aromatic nitrogens is 4. The SMILES string of the molecule is N#CC(=CNc1ccc(Br)cc1S)c1nn[nH]n1. The molecule has 0 atom stereocenters. The van der Waals surface area contributed by atoms with E-state index in [0.29, 0.717) is 0 Å². The van der Waals surface area contributed by atoms with Crippen molar-refractivity contribution >= 4 is 39.8 Å². The Morgan fingerprint density at radius 2 is 2.39 bits per heavy atom. The lowest BCUT2D eigenvalue weighted by Crippen LogP contribution is -1.93. The van der Waals surface area contributed by atoms with Crippen LogP contribution in [0.5, 0.6) is 0 Å². The summed E-state index contributed by atoms with van der Waals surface area (Å²) in [6, 6.07) is 7.54. The minimum Gasteiger partial charge on any atom is -0.359 e. The van der Waals surface area contributed by atoms with Gasteiger partial charge in [-0.2, -0.15) is 10.5 Å². The molecule has 0 aliphatic heterocycles. The molecule has 0 spiro atoms. The maximum atomic E-state index is 8.98. The molecule has 90 valence electrons. The Balaban J connectivity index is 2.22. The molecule has 2 rings (SSSR count). The number of H-pyrrole nitrogens is 1. The van der Waals surface area contributed by atoms with Gasteiger partial charge < -0.3 is 5.32 Å². The van der Waals surface area contributed by atoms with Crippen LogP contribution in [0.2, 0.25) is 0 Å². The summed E-state index contributed by atoms with van der Waals surface area (Å²) in [7, 11) is 0.